The van der Waals surface area contributed by atoms with Crippen molar-refractivity contribution in [1.82, 2.24) is 15.1 Å². The van der Waals surface area contributed by atoms with Crippen molar-refractivity contribution < 1.29 is 14.4 Å². The minimum absolute atomic E-state index is 0.125. The maximum absolute atomic E-state index is 12.5. The predicted molar refractivity (Wildman–Crippen MR) is 106 cm³/mol. The Hall–Kier alpha value is -2.02. The number of nitrogens with zero attached hydrogens (tertiary/aromatic N) is 2. The van der Waals surface area contributed by atoms with Crippen LogP contribution in [0.5, 0.6) is 0 Å². The number of hydrogen-bond acceptors (Lipinski definition) is 4. The molecule has 2 fully saturated rings. The molecule has 0 aromatic heterocycles. The van der Waals surface area contributed by atoms with Crippen LogP contribution in [0, 0.1) is 0 Å². The number of likely N-dealkylation sites (tertiary alicyclic amines) is 2. The zero-order chi connectivity index (χ0) is 19.1. The number of carbonyl (C=O) groups is 3. The summed E-state index contributed by atoms with van der Waals surface area (Å²) < 4.78 is 0. The molecule has 1 aromatic carbocycles. The standard InChI is InChI=1S/C20H27N3O3S/c24-18-9-5-13-22(18)14-6-10-21-20(26)16-7-1-2-8-17(16)27-15-19(25)23-11-3-4-12-23/h1-2,7-8H,3-6,9-15H2,(H,21,26). The van der Waals surface area contributed by atoms with Gasteiger partial charge in [-0.2, -0.15) is 0 Å². The molecule has 0 saturated carbocycles. The predicted octanol–water partition coefficient (Wildman–Crippen LogP) is 2.14. The first-order valence-electron chi connectivity index (χ1n) is 9.71. The first-order chi connectivity index (χ1) is 13.1. The second kappa shape index (κ2) is 9.78. The van der Waals surface area contributed by atoms with Crippen molar-refractivity contribution in [2.45, 2.75) is 37.0 Å². The van der Waals surface area contributed by atoms with E-state index in [2.05, 4.69) is 5.32 Å². The van der Waals surface area contributed by atoms with Crippen molar-refractivity contribution in [2.24, 2.45) is 0 Å². The maximum atomic E-state index is 12.5. The molecule has 146 valence electrons. The largest absolute Gasteiger partial charge is 0.352 e. The van der Waals surface area contributed by atoms with Crippen LogP contribution in [0.3, 0.4) is 0 Å². The molecular formula is C20H27N3O3S. The highest BCUT2D eigenvalue weighted by Crippen LogP contribution is 2.23. The Balaban J connectivity index is 1.46. The van der Waals surface area contributed by atoms with Crippen LogP contribution in [0.25, 0.3) is 0 Å². The molecule has 6 nitrogen and oxygen atoms in total. The fraction of sp³-hybridized carbons (Fsp3) is 0.550. The minimum atomic E-state index is -0.125. The van der Waals surface area contributed by atoms with Crippen molar-refractivity contribution >= 4 is 29.5 Å². The van der Waals surface area contributed by atoms with E-state index >= 15 is 0 Å². The summed E-state index contributed by atoms with van der Waals surface area (Å²) in [6.07, 6.45) is 4.50. The van der Waals surface area contributed by atoms with Gasteiger partial charge in [0.25, 0.3) is 5.91 Å². The molecule has 0 aliphatic carbocycles. The van der Waals surface area contributed by atoms with Crippen LogP contribution in [0.4, 0.5) is 0 Å². The van der Waals surface area contributed by atoms with Gasteiger partial charge in [-0.15, -0.1) is 11.8 Å². The Morgan fingerprint density at radius 2 is 1.85 bits per heavy atom. The highest BCUT2D eigenvalue weighted by molar-refractivity contribution is 8.00. The second-order valence-corrected chi connectivity index (χ2v) is 7.98. The lowest BCUT2D eigenvalue weighted by molar-refractivity contribution is -0.128. The van der Waals surface area contributed by atoms with Gasteiger partial charge in [0, 0.05) is 44.0 Å². The molecule has 1 N–H and O–H groups in total. The summed E-state index contributed by atoms with van der Waals surface area (Å²) in [4.78, 5) is 40.9. The van der Waals surface area contributed by atoms with Crippen LogP contribution >= 0.6 is 11.8 Å². The molecule has 3 amide bonds. The lowest BCUT2D eigenvalue weighted by Crippen LogP contribution is -2.31. The fourth-order valence-electron chi connectivity index (χ4n) is 3.48. The van der Waals surface area contributed by atoms with Crippen molar-refractivity contribution in [3.8, 4) is 0 Å². The normalized spacial score (nSPS) is 16.8. The molecule has 2 saturated heterocycles. The number of hydrogen-bond donors (Lipinski definition) is 1. The zero-order valence-electron chi connectivity index (χ0n) is 15.6. The number of thioether (sulfide) groups is 1. The third-order valence-electron chi connectivity index (χ3n) is 5.00. The van der Waals surface area contributed by atoms with Gasteiger partial charge in [0.2, 0.25) is 11.8 Å². The SMILES string of the molecule is O=C(NCCCN1CCCC1=O)c1ccccc1SCC(=O)N1CCCC1. The third-order valence-corrected chi connectivity index (χ3v) is 6.06. The molecular weight excluding hydrogens is 362 g/mol. The van der Waals surface area contributed by atoms with Gasteiger partial charge in [0.1, 0.15) is 0 Å². The van der Waals surface area contributed by atoms with Crippen LogP contribution in [0.2, 0.25) is 0 Å². The third kappa shape index (κ3) is 5.48. The Morgan fingerprint density at radius 3 is 2.59 bits per heavy atom. The number of carbonyl (C=O) groups excluding carboxylic acids is 3. The Kier molecular flexibility index (Phi) is 7.15. The van der Waals surface area contributed by atoms with Crippen LogP contribution in [0.15, 0.2) is 29.2 Å². The summed E-state index contributed by atoms with van der Waals surface area (Å²) in [6, 6.07) is 7.41. The van der Waals surface area contributed by atoms with Crippen molar-refractivity contribution in [3.05, 3.63) is 29.8 Å². The number of amides is 3. The quantitative estimate of drug-likeness (QED) is 0.546. The monoisotopic (exact) mass is 389 g/mol. The highest BCUT2D eigenvalue weighted by Gasteiger charge is 2.20. The highest BCUT2D eigenvalue weighted by atomic mass is 32.2. The van der Waals surface area contributed by atoms with Gasteiger partial charge in [-0.3, -0.25) is 14.4 Å². The number of rotatable bonds is 8. The van der Waals surface area contributed by atoms with Crippen LogP contribution < -0.4 is 5.32 Å². The van der Waals surface area contributed by atoms with Gasteiger partial charge in [-0.1, -0.05) is 12.1 Å². The van der Waals surface area contributed by atoms with Crippen LogP contribution in [-0.2, 0) is 9.59 Å². The Morgan fingerprint density at radius 1 is 1.07 bits per heavy atom. The topological polar surface area (TPSA) is 69.7 Å². The molecule has 0 atom stereocenters. The zero-order valence-corrected chi connectivity index (χ0v) is 16.4. The Labute approximate surface area is 164 Å². The van der Waals surface area contributed by atoms with E-state index in [1.54, 1.807) is 6.07 Å². The second-order valence-electron chi connectivity index (χ2n) is 6.97. The first-order valence-corrected chi connectivity index (χ1v) is 10.7. The molecule has 3 rings (SSSR count). The molecule has 2 aliphatic heterocycles. The molecule has 0 unspecified atom stereocenters. The molecule has 2 aliphatic rings. The van der Waals surface area contributed by atoms with Crippen molar-refractivity contribution in [1.29, 1.82) is 0 Å². The summed E-state index contributed by atoms with van der Waals surface area (Å²) >= 11 is 1.43. The van der Waals surface area contributed by atoms with Gasteiger partial charge in [-0.05, 0) is 37.8 Å². The average molecular weight is 390 g/mol. The van der Waals surface area contributed by atoms with Gasteiger partial charge in [-0.25, -0.2) is 0 Å². The van der Waals surface area contributed by atoms with Gasteiger partial charge in [0.15, 0.2) is 0 Å². The van der Waals surface area contributed by atoms with Gasteiger partial charge in [0.05, 0.1) is 11.3 Å². The smallest absolute Gasteiger partial charge is 0.252 e. The molecule has 0 radical (unpaired) electrons. The van der Waals surface area contributed by atoms with Crippen molar-refractivity contribution in [2.75, 3.05) is 38.5 Å². The van der Waals surface area contributed by atoms with Crippen LogP contribution in [0.1, 0.15) is 42.5 Å². The lowest BCUT2D eigenvalue weighted by atomic mass is 10.2. The van der Waals surface area contributed by atoms with E-state index in [1.807, 2.05) is 28.0 Å². The number of nitrogens with one attached hydrogen (secondary N) is 1. The van der Waals surface area contributed by atoms with E-state index in [1.165, 1.54) is 11.8 Å². The first kappa shape index (κ1) is 19.7. The van der Waals surface area contributed by atoms with Gasteiger partial charge < -0.3 is 15.1 Å². The van der Waals surface area contributed by atoms with Gasteiger partial charge >= 0.3 is 0 Å². The summed E-state index contributed by atoms with van der Waals surface area (Å²) in [5, 5.41) is 2.94. The fourth-order valence-corrected chi connectivity index (χ4v) is 4.44. The number of benzene rings is 1. The average Bonchev–Trinajstić information content (AvgIpc) is 3.35. The molecule has 27 heavy (non-hydrogen) atoms. The molecule has 2 heterocycles. The van der Waals surface area contributed by atoms with Crippen molar-refractivity contribution in [3.63, 3.8) is 0 Å². The summed E-state index contributed by atoms with van der Waals surface area (Å²) in [6.45, 7) is 3.76. The van der Waals surface area contributed by atoms with E-state index in [-0.39, 0.29) is 17.7 Å². The summed E-state index contributed by atoms with van der Waals surface area (Å²) in [7, 11) is 0. The van der Waals surface area contributed by atoms with E-state index in [4.69, 9.17) is 0 Å². The maximum Gasteiger partial charge on any atom is 0.252 e. The van der Waals surface area contributed by atoms with Crippen LogP contribution in [-0.4, -0.2) is 66.0 Å². The molecule has 0 bridgehead atoms. The molecule has 0 spiro atoms. The lowest BCUT2D eigenvalue weighted by Gasteiger charge is -2.16. The summed E-state index contributed by atoms with van der Waals surface area (Å²) in [5.74, 6) is 0.592. The van der Waals surface area contributed by atoms with E-state index in [0.29, 0.717) is 30.8 Å². The Bertz CT molecular complexity index is 689. The molecule has 1 aromatic rings. The van der Waals surface area contributed by atoms with E-state index < -0.39 is 0 Å². The van der Waals surface area contributed by atoms with E-state index in [0.717, 1.165) is 50.2 Å². The molecule has 7 heteroatoms. The van der Waals surface area contributed by atoms with E-state index in [9.17, 15) is 14.4 Å². The minimum Gasteiger partial charge on any atom is -0.352 e. The summed E-state index contributed by atoms with van der Waals surface area (Å²) in [5.41, 5.74) is 0.606.